The van der Waals surface area contributed by atoms with Crippen LogP contribution in [0.2, 0.25) is 0 Å². The lowest BCUT2D eigenvalue weighted by atomic mass is 9.99. The Kier molecular flexibility index (Phi) is 5.46. The molecule has 3 rings (SSSR count). The second-order valence-electron chi connectivity index (χ2n) is 6.13. The lowest BCUT2D eigenvalue weighted by molar-refractivity contribution is 0.303. The second-order valence-corrected chi connectivity index (χ2v) is 6.13. The number of nitriles is 2. The minimum Gasteiger partial charge on any atom is -0.489 e. The van der Waals surface area contributed by atoms with Crippen LogP contribution < -0.4 is 4.74 Å². The van der Waals surface area contributed by atoms with E-state index in [4.69, 9.17) is 4.74 Å². The molecule has 0 N–H and O–H groups in total. The fourth-order valence-electron chi connectivity index (χ4n) is 2.90. The molecule has 0 saturated heterocycles. The van der Waals surface area contributed by atoms with Gasteiger partial charge < -0.3 is 4.74 Å². The van der Waals surface area contributed by atoms with Crippen LogP contribution in [0.5, 0.6) is 5.75 Å². The average Bonchev–Trinajstić information content (AvgIpc) is 2.70. The van der Waals surface area contributed by atoms with Gasteiger partial charge in [-0.3, -0.25) is 4.98 Å². The van der Waals surface area contributed by atoms with Crippen molar-refractivity contribution in [2.75, 3.05) is 0 Å². The third-order valence-electron chi connectivity index (χ3n) is 4.32. The van der Waals surface area contributed by atoms with Gasteiger partial charge in [0.1, 0.15) is 24.5 Å². The number of fused-ring (bicyclic) bond motifs is 1. The summed E-state index contributed by atoms with van der Waals surface area (Å²) in [5.41, 5.74) is 3.50. The maximum atomic E-state index is 9.48. The molecule has 0 aliphatic heterocycles. The number of rotatable bonds is 6. The second kappa shape index (κ2) is 8.14. The van der Waals surface area contributed by atoms with Gasteiger partial charge in [-0.15, -0.1) is 0 Å². The predicted molar refractivity (Wildman–Crippen MR) is 101 cm³/mol. The van der Waals surface area contributed by atoms with Crippen molar-refractivity contribution in [3.05, 3.63) is 70.9 Å². The number of benzene rings is 2. The Balaban J connectivity index is 2.03. The van der Waals surface area contributed by atoms with Crippen LogP contribution >= 0.6 is 0 Å². The summed E-state index contributed by atoms with van der Waals surface area (Å²) < 4.78 is 6.07. The molecule has 0 bridgehead atoms. The molecule has 4 heteroatoms. The standard InChI is InChI=1S/C22H19N3O/c1-2-3-9-17-10-19-20(13-24)18(12-23)14-25-21(19)11-22(17)26-15-16-7-5-4-6-8-16/h4-8,10-11,14H,2-3,9,15H2,1H3. The summed E-state index contributed by atoms with van der Waals surface area (Å²) in [4.78, 5) is 4.34. The van der Waals surface area contributed by atoms with Gasteiger partial charge in [-0.25, -0.2) is 0 Å². The van der Waals surface area contributed by atoms with Gasteiger partial charge in [0.15, 0.2) is 0 Å². The van der Waals surface area contributed by atoms with Crippen molar-refractivity contribution in [2.24, 2.45) is 0 Å². The summed E-state index contributed by atoms with van der Waals surface area (Å²) in [5.74, 6) is 0.788. The normalized spacial score (nSPS) is 10.3. The van der Waals surface area contributed by atoms with Crippen molar-refractivity contribution in [1.82, 2.24) is 4.98 Å². The van der Waals surface area contributed by atoms with Crippen molar-refractivity contribution in [2.45, 2.75) is 32.8 Å². The molecule has 0 aliphatic rings. The Hall–Kier alpha value is -3.37. The van der Waals surface area contributed by atoms with E-state index >= 15 is 0 Å². The van der Waals surface area contributed by atoms with E-state index in [0.717, 1.165) is 36.1 Å². The smallest absolute Gasteiger partial charge is 0.125 e. The fourth-order valence-corrected chi connectivity index (χ4v) is 2.90. The van der Waals surface area contributed by atoms with Crippen LogP contribution in [0.4, 0.5) is 0 Å². The molecule has 1 aromatic heterocycles. The van der Waals surface area contributed by atoms with Gasteiger partial charge in [0.2, 0.25) is 0 Å². The highest BCUT2D eigenvalue weighted by Crippen LogP contribution is 2.30. The number of nitrogens with zero attached hydrogens (tertiary/aromatic N) is 3. The Labute approximate surface area is 153 Å². The van der Waals surface area contributed by atoms with Crippen LogP contribution in [0, 0.1) is 22.7 Å². The van der Waals surface area contributed by atoms with Gasteiger partial charge in [-0.1, -0.05) is 43.7 Å². The van der Waals surface area contributed by atoms with Gasteiger partial charge in [-0.05, 0) is 30.0 Å². The van der Waals surface area contributed by atoms with Crippen LogP contribution in [0.25, 0.3) is 10.9 Å². The summed E-state index contributed by atoms with van der Waals surface area (Å²) >= 11 is 0. The summed E-state index contributed by atoms with van der Waals surface area (Å²) in [6.45, 7) is 2.62. The number of aryl methyl sites for hydroxylation is 1. The molecule has 0 fully saturated rings. The zero-order valence-electron chi connectivity index (χ0n) is 14.7. The molecule has 3 aromatic rings. The van der Waals surface area contributed by atoms with E-state index in [1.165, 1.54) is 6.20 Å². The van der Waals surface area contributed by atoms with Gasteiger partial charge in [0.25, 0.3) is 0 Å². The van der Waals surface area contributed by atoms with Crippen molar-refractivity contribution >= 4 is 10.9 Å². The summed E-state index contributed by atoms with van der Waals surface area (Å²) in [7, 11) is 0. The summed E-state index contributed by atoms with van der Waals surface area (Å²) in [6.07, 6.45) is 4.41. The highest BCUT2D eigenvalue weighted by atomic mass is 16.5. The molecule has 0 saturated carbocycles. The summed E-state index contributed by atoms with van der Waals surface area (Å²) in [5, 5.41) is 19.4. The van der Waals surface area contributed by atoms with Crippen LogP contribution in [-0.2, 0) is 13.0 Å². The van der Waals surface area contributed by atoms with Crippen LogP contribution in [0.3, 0.4) is 0 Å². The molecule has 0 aliphatic carbocycles. The average molecular weight is 341 g/mol. The van der Waals surface area contributed by atoms with E-state index in [1.54, 1.807) is 0 Å². The Morgan fingerprint density at radius 3 is 2.58 bits per heavy atom. The SMILES string of the molecule is CCCCc1cc2c(C#N)c(C#N)cnc2cc1OCc1ccccc1. The molecule has 1 heterocycles. The lowest BCUT2D eigenvalue weighted by Gasteiger charge is -2.14. The maximum absolute atomic E-state index is 9.48. The predicted octanol–water partition coefficient (Wildman–Crippen LogP) is 4.90. The van der Waals surface area contributed by atoms with Gasteiger partial charge in [0.05, 0.1) is 16.6 Å². The van der Waals surface area contributed by atoms with E-state index in [9.17, 15) is 10.5 Å². The highest BCUT2D eigenvalue weighted by Gasteiger charge is 2.13. The molecule has 0 amide bonds. The van der Waals surface area contributed by atoms with Crippen molar-refractivity contribution in [3.8, 4) is 17.9 Å². The zero-order chi connectivity index (χ0) is 18.4. The number of aromatic nitrogens is 1. The number of hydrogen-bond acceptors (Lipinski definition) is 4. The molecule has 26 heavy (non-hydrogen) atoms. The first-order valence-corrected chi connectivity index (χ1v) is 8.69. The Morgan fingerprint density at radius 2 is 1.88 bits per heavy atom. The number of pyridine rings is 1. The number of unbranched alkanes of at least 4 members (excludes halogenated alkanes) is 1. The number of ether oxygens (including phenoxy) is 1. The minimum atomic E-state index is 0.305. The van der Waals surface area contributed by atoms with E-state index in [2.05, 4.69) is 18.0 Å². The van der Waals surface area contributed by atoms with Crippen molar-refractivity contribution in [1.29, 1.82) is 10.5 Å². The summed E-state index contributed by atoms with van der Waals surface area (Å²) in [6, 6.07) is 18.0. The first-order valence-electron chi connectivity index (χ1n) is 8.69. The van der Waals surface area contributed by atoms with Crippen LogP contribution in [-0.4, -0.2) is 4.98 Å². The zero-order valence-corrected chi connectivity index (χ0v) is 14.7. The van der Waals surface area contributed by atoms with E-state index in [0.29, 0.717) is 28.6 Å². The first-order chi connectivity index (χ1) is 12.8. The van der Waals surface area contributed by atoms with Crippen LogP contribution in [0.15, 0.2) is 48.7 Å². The molecule has 0 spiro atoms. The van der Waals surface area contributed by atoms with E-state index < -0.39 is 0 Å². The molecule has 0 atom stereocenters. The largest absolute Gasteiger partial charge is 0.489 e. The maximum Gasteiger partial charge on any atom is 0.125 e. The molecule has 4 nitrogen and oxygen atoms in total. The van der Waals surface area contributed by atoms with Crippen LogP contribution in [0.1, 0.15) is 42.0 Å². The van der Waals surface area contributed by atoms with E-state index in [-0.39, 0.29) is 0 Å². The topological polar surface area (TPSA) is 69.7 Å². The first kappa shape index (κ1) is 17.5. The molecule has 0 unspecified atom stereocenters. The number of hydrogen-bond donors (Lipinski definition) is 0. The monoisotopic (exact) mass is 341 g/mol. The molecular weight excluding hydrogens is 322 g/mol. The Bertz CT molecular complexity index is 998. The minimum absolute atomic E-state index is 0.305. The van der Waals surface area contributed by atoms with Gasteiger partial charge >= 0.3 is 0 Å². The molecule has 0 radical (unpaired) electrons. The van der Waals surface area contributed by atoms with Gasteiger partial charge in [-0.2, -0.15) is 10.5 Å². The molecule has 128 valence electrons. The van der Waals surface area contributed by atoms with E-state index in [1.807, 2.05) is 48.5 Å². The van der Waals surface area contributed by atoms with Crippen molar-refractivity contribution < 1.29 is 4.74 Å². The quantitative estimate of drug-likeness (QED) is 0.639. The van der Waals surface area contributed by atoms with Crippen molar-refractivity contribution in [3.63, 3.8) is 0 Å². The molecular formula is C22H19N3O. The third-order valence-corrected chi connectivity index (χ3v) is 4.32. The third kappa shape index (κ3) is 3.66. The highest BCUT2D eigenvalue weighted by molar-refractivity contribution is 5.88. The van der Waals surface area contributed by atoms with Gasteiger partial charge in [0, 0.05) is 17.6 Å². The lowest BCUT2D eigenvalue weighted by Crippen LogP contribution is -2.00. The molecule has 2 aromatic carbocycles. The fraction of sp³-hybridized carbons (Fsp3) is 0.227. The Morgan fingerprint density at radius 1 is 1.08 bits per heavy atom.